The van der Waals surface area contributed by atoms with Crippen molar-refractivity contribution in [1.82, 2.24) is 5.32 Å². The Morgan fingerprint density at radius 2 is 1.78 bits per heavy atom. The quantitative estimate of drug-likeness (QED) is 0.793. The number of nitrogens with one attached hydrogen (secondary N) is 2. The van der Waals surface area contributed by atoms with Gasteiger partial charge in [0, 0.05) is 6.54 Å². The van der Waals surface area contributed by atoms with Gasteiger partial charge in [-0.1, -0.05) is 24.3 Å². The summed E-state index contributed by atoms with van der Waals surface area (Å²) < 4.78 is 10.7. The molecule has 0 spiro atoms. The van der Waals surface area contributed by atoms with Crippen molar-refractivity contribution in [3.63, 3.8) is 0 Å². The highest BCUT2D eigenvalue weighted by Gasteiger charge is 2.06. The van der Waals surface area contributed by atoms with Crippen molar-refractivity contribution in [2.45, 2.75) is 13.3 Å². The van der Waals surface area contributed by atoms with E-state index in [9.17, 15) is 0 Å². The molecule has 2 N–H and O–H groups in total. The highest BCUT2D eigenvalue weighted by atomic mass is 32.1. The first-order chi connectivity index (χ1) is 11.1. The van der Waals surface area contributed by atoms with Crippen LogP contribution in [0.5, 0.6) is 11.5 Å². The molecular formula is C18H22N2O2S. The molecule has 0 aliphatic heterocycles. The Morgan fingerprint density at radius 3 is 2.52 bits per heavy atom. The molecule has 0 bridgehead atoms. The van der Waals surface area contributed by atoms with Crippen LogP contribution in [0.3, 0.4) is 0 Å². The summed E-state index contributed by atoms with van der Waals surface area (Å²) in [5.41, 5.74) is 3.16. The minimum absolute atomic E-state index is 0.573. The average molecular weight is 330 g/mol. The van der Waals surface area contributed by atoms with Gasteiger partial charge in [-0.3, -0.25) is 0 Å². The molecule has 0 radical (unpaired) electrons. The number of para-hydroxylation sites is 1. The number of aryl methyl sites for hydroxylation is 1. The van der Waals surface area contributed by atoms with Crippen LogP contribution >= 0.6 is 12.2 Å². The van der Waals surface area contributed by atoms with E-state index >= 15 is 0 Å². The highest BCUT2D eigenvalue weighted by molar-refractivity contribution is 7.80. The third-order valence-electron chi connectivity index (χ3n) is 3.48. The lowest BCUT2D eigenvalue weighted by Gasteiger charge is -2.14. The summed E-state index contributed by atoms with van der Waals surface area (Å²) in [5.74, 6) is 1.66. The Labute approximate surface area is 142 Å². The summed E-state index contributed by atoms with van der Waals surface area (Å²) in [7, 11) is 3.33. The largest absolute Gasteiger partial charge is 0.496 e. The monoisotopic (exact) mass is 330 g/mol. The van der Waals surface area contributed by atoms with Gasteiger partial charge >= 0.3 is 0 Å². The van der Waals surface area contributed by atoms with E-state index < -0.39 is 0 Å². The SMILES string of the molecule is COc1ccccc1CCNC(=S)Nc1cc(C)ccc1OC. The van der Waals surface area contributed by atoms with Crippen molar-refractivity contribution in [1.29, 1.82) is 0 Å². The second-order valence-corrected chi connectivity index (χ2v) is 5.55. The summed E-state index contributed by atoms with van der Waals surface area (Å²) in [6.45, 7) is 2.75. The number of ether oxygens (including phenoxy) is 2. The molecular weight excluding hydrogens is 308 g/mol. The third kappa shape index (κ3) is 4.86. The van der Waals surface area contributed by atoms with Crippen LogP contribution in [0, 0.1) is 6.92 Å². The average Bonchev–Trinajstić information content (AvgIpc) is 2.55. The first-order valence-corrected chi connectivity index (χ1v) is 7.86. The number of hydrogen-bond donors (Lipinski definition) is 2. The molecule has 0 fully saturated rings. The fourth-order valence-corrected chi connectivity index (χ4v) is 2.52. The predicted octanol–water partition coefficient (Wildman–Crippen LogP) is 3.54. The summed E-state index contributed by atoms with van der Waals surface area (Å²) >= 11 is 5.35. The van der Waals surface area contributed by atoms with E-state index in [4.69, 9.17) is 21.7 Å². The summed E-state index contributed by atoms with van der Waals surface area (Å²) in [6.07, 6.45) is 0.830. The van der Waals surface area contributed by atoms with Crippen LogP contribution in [0.15, 0.2) is 42.5 Å². The molecule has 0 aromatic heterocycles. The van der Waals surface area contributed by atoms with E-state index in [0.717, 1.165) is 41.3 Å². The van der Waals surface area contributed by atoms with Crippen LogP contribution in [-0.4, -0.2) is 25.9 Å². The van der Waals surface area contributed by atoms with Gasteiger partial charge in [0.2, 0.25) is 0 Å². The molecule has 0 saturated carbocycles. The van der Waals surface area contributed by atoms with Gasteiger partial charge < -0.3 is 20.1 Å². The molecule has 2 rings (SSSR count). The fourth-order valence-electron chi connectivity index (χ4n) is 2.31. The van der Waals surface area contributed by atoms with E-state index in [2.05, 4.69) is 16.7 Å². The van der Waals surface area contributed by atoms with E-state index in [-0.39, 0.29) is 0 Å². The maximum Gasteiger partial charge on any atom is 0.170 e. The third-order valence-corrected chi connectivity index (χ3v) is 3.72. The van der Waals surface area contributed by atoms with Gasteiger partial charge in [-0.05, 0) is 54.9 Å². The smallest absolute Gasteiger partial charge is 0.170 e. The van der Waals surface area contributed by atoms with Crippen LogP contribution in [0.4, 0.5) is 5.69 Å². The zero-order chi connectivity index (χ0) is 16.7. The molecule has 4 nitrogen and oxygen atoms in total. The van der Waals surface area contributed by atoms with Crippen molar-refractivity contribution >= 4 is 23.0 Å². The van der Waals surface area contributed by atoms with Crippen LogP contribution in [-0.2, 0) is 6.42 Å². The minimum Gasteiger partial charge on any atom is -0.496 e. The molecule has 2 aromatic rings. The number of methoxy groups -OCH3 is 2. The molecule has 0 saturated heterocycles. The first kappa shape index (κ1) is 17.1. The van der Waals surface area contributed by atoms with E-state index in [1.54, 1.807) is 14.2 Å². The summed E-state index contributed by atoms with van der Waals surface area (Å²) in [6, 6.07) is 13.9. The number of anilines is 1. The standard InChI is InChI=1S/C18H22N2O2S/c1-13-8-9-17(22-3)15(12-13)20-18(23)19-11-10-14-6-4-5-7-16(14)21-2/h4-9,12H,10-11H2,1-3H3,(H2,19,20,23). The lowest BCUT2D eigenvalue weighted by Crippen LogP contribution is -2.30. The molecule has 0 aliphatic rings. The number of benzene rings is 2. The maximum absolute atomic E-state index is 5.35. The lowest BCUT2D eigenvalue weighted by molar-refractivity contribution is 0.409. The zero-order valence-corrected chi connectivity index (χ0v) is 14.5. The van der Waals surface area contributed by atoms with E-state index in [1.165, 1.54) is 0 Å². The van der Waals surface area contributed by atoms with Crippen LogP contribution in [0.1, 0.15) is 11.1 Å². The summed E-state index contributed by atoms with van der Waals surface area (Å²) in [4.78, 5) is 0. The predicted molar refractivity (Wildman–Crippen MR) is 98.7 cm³/mol. The molecule has 0 atom stereocenters. The van der Waals surface area contributed by atoms with Crippen LogP contribution < -0.4 is 20.1 Å². The van der Waals surface area contributed by atoms with E-state index in [1.807, 2.05) is 43.3 Å². The molecule has 0 heterocycles. The van der Waals surface area contributed by atoms with Crippen molar-refractivity contribution < 1.29 is 9.47 Å². The Bertz CT molecular complexity index is 674. The Hall–Kier alpha value is -2.27. The molecule has 0 unspecified atom stereocenters. The van der Waals surface area contributed by atoms with Gasteiger partial charge in [0.1, 0.15) is 11.5 Å². The van der Waals surface area contributed by atoms with Gasteiger partial charge in [-0.2, -0.15) is 0 Å². The molecule has 0 aliphatic carbocycles. The Morgan fingerprint density at radius 1 is 1.04 bits per heavy atom. The zero-order valence-electron chi connectivity index (χ0n) is 13.7. The van der Waals surface area contributed by atoms with Crippen molar-refractivity contribution in [2.24, 2.45) is 0 Å². The number of rotatable bonds is 6. The maximum atomic E-state index is 5.35. The van der Waals surface area contributed by atoms with Gasteiger partial charge in [-0.15, -0.1) is 0 Å². The van der Waals surface area contributed by atoms with Gasteiger partial charge in [0.25, 0.3) is 0 Å². The van der Waals surface area contributed by atoms with Crippen molar-refractivity contribution in [3.8, 4) is 11.5 Å². The van der Waals surface area contributed by atoms with Gasteiger partial charge in [0.15, 0.2) is 5.11 Å². The van der Waals surface area contributed by atoms with Crippen LogP contribution in [0.2, 0.25) is 0 Å². The number of hydrogen-bond acceptors (Lipinski definition) is 3. The fraction of sp³-hybridized carbons (Fsp3) is 0.278. The van der Waals surface area contributed by atoms with Crippen molar-refractivity contribution in [3.05, 3.63) is 53.6 Å². The van der Waals surface area contributed by atoms with Crippen LogP contribution in [0.25, 0.3) is 0 Å². The molecule has 122 valence electrons. The second kappa shape index (κ2) is 8.39. The Balaban J connectivity index is 1.89. The minimum atomic E-state index is 0.573. The number of thiocarbonyl (C=S) groups is 1. The molecule has 23 heavy (non-hydrogen) atoms. The normalized spacial score (nSPS) is 10.0. The second-order valence-electron chi connectivity index (χ2n) is 5.15. The molecule has 2 aromatic carbocycles. The van der Waals surface area contributed by atoms with Gasteiger partial charge in [0.05, 0.1) is 19.9 Å². The van der Waals surface area contributed by atoms with Gasteiger partial charge in [-0.25, -0.2) is 0 Å². The van der Waals surface area contributed by atoms with E-state index in [0.29, 0.717) is 5.11 Å². The molecule has 5 heteroatoms. The highest BCUT2D eigenvalue weighted by Crippen LogP contribution is 2.25. The van der Waals surface area contributed by atoms with Crippen molar-refractivity contribution in [2.75, 3.05) is 26.1 Å². The lowest BCUT2D eigenvalue weighted by atomic mass is 10.1. The Kier molecular flexibility index (Phi) is 6.23. The first-order valence-electron chi connectivity index (χ1n) is 7.45. The summed E-state index contributed by atoms with van der Waals surface area (Å²) in [5, 5.41) is 6.97. The topological polar surface area (TPSA) is 42.5 Å². The molecule has 0 amide bonds.